The highest BCUT2D eigenvalue weighted by molar-refractivity contribution is 9.10. The first-order valence-electron chi connectivity index (χ1n) is 6.40. The van der Waals surface area contributed by atoms with E-state index in [0.29, 0.717) is 10.6 Å². The van der Waals surface area contributed by atoms with E-state index in [-0.39, 0.29) is 11.9 Å². The second-order valence-electron chi connectivity index (χ2n) is 4.66. The summed E-state index contributed by atoms with van der Waals surface area (Å²) in [5, 5.41) is 6.77. The summed E-state index contributed by atoms with van der Waals surface area (Å²) in [5.41, 5.74) is 1.52. The van der Waals surface area contributed by atoms with E-state index in [4.69, 9.17) is 11.6 Å². The number of hydrogen-bond donors (Lipinski definition) is 1. The summed E-state index contributed by atoms with van der Waals surface area (Å²) in [7, 11) is 1.81. The maximum atomic E-state index is 14.2. The molecule has 1 atom stereocenters. The van der Waals surface area contributed by atoms with Crippen LogP contribution < -0.4 is 5.32 Å². The lowest BCUT2D eigenvalue weighted by molar-refractivity contribution is 0.578. The Hall–Kier alpha value is -0.940. The van der Waals surface area contributed by atoms with Crippen molar-refractivity contribution < 1.29 is 4.39 Å². The molecule has 1 aromatic heterocycles. The predicted molar refractivity (Wildman–Crippen MR) is 91.8 cm³/mol. The molecule has 0 saturated heterocycles. The highest BCUT2D eigenvalue weighted by Crippen LogP contribution is 2.39. The Morgan fingerprint density at radius 1 is 1.24 bits per heavy atom. The van der Waals surface area contributed by atoms with Crippen LogP contribution in [-0.4, -0.2) is 7.05 Å². The van der Waals surface area contributed by atoms with Crippen LogP contribution in [0.4, 0.5) is 4.39 Å². The topological polar surface area (TPSA) is 12.0 Å². The predicted octanol–water partition coefficient (Wildman–Crippen LogP) is 5.77. The summed E-state index contributed by atoms with van der Waals surface area (Å²) in [6.45, 7) is 0. The van der Waals surface area contributed by atoms with Crippen molar-refractivity contribution in [2.75, 3.05) is 7.05 Å². The fourth-order valence-electron chi connectivity index (χ4n) is 2.51. The molecule has 0 spiro atoms. The van der Waals surface area contributed by atoms with E-state index < -0.39 is 0 Å². The SMILES string of the molecule is CNC(c1c(F)cccc1Cl)c1csc2c(Br)cccc12. The summed E-state index contributed by atoms with van der Waals surface area (Å²) in [5.74, 6) is -0.295. The van der Waals surface area contributed by atoms with Crippen molar-refractivity contribution in [3.05, 3.63) is 68.2 Å². The minimum Gasteiger partial charge on any atom is -0.309 e. The van der Waals surface area contributed by atoms with E-state index in [1.807, 2.05) is 25.2 Å². The third-order valence-electron chi connectivity index (χ3n) is 3.47. The smallest absolute Gasteiger partial charge is 0.129 e. The Morgan fingerprint density at radius 3 is 2.71 bits per heavy atom. The second kappa shape index (κ2) is 6.05. The van der Waals surface area contributed by atoms with E-state index in [9.17, 15) is 4.39 Å². The maximum Gasteiger partial charge on any atom is 0.129 e. The van der Waals surface area contributed by atoms with Crippen LogP contribution in [-0.2, 0) is 0 Å². The number of halogens is 3. The minimum absolute atomic E-state index is 0.276. The molecule has 5 heteroatoms. The molecule has 0 saturated carbocycles. The number of hydrogen-bond acceptors (Lipinski definition) is 2. The first-order valence-corrected chi connectivity index (χ1v) is 8.45. The summed E-state index contributed by atoms with van der Waals surface area (Å²) in [4.78, 5) is 0. The highest BCUT2D eigenvalue weighted by Gasteiger charge is 2.22. The van der Waals surface area contributed by atoms with Crippen LogP contribution in [0, 0.1) is 5.82 Å². The largest absolute Gasteiger partial charge is 0.309 e. The molecule has 0 bridgehead atoms. The Bertz CT molecular complexity index is 782. The van der Waals surface area contributed by atoms with Gasteiger partial charge in [-0.1, -0.05) is 29.8 Å². The first-order chi connectivity index (χ1) is 10.1. The van der Waals surface area contributed by atoms with Crippen molar-refractivity contribution in [1.82, 2.24) is 5.32 Å². The van der Waals surface area contributed by atoms with Crippen molar-refractivity contribution in [1.29, 1.82) is 0 Å². The van der Waals surface area contributed by atoms with E-state index in [1.54, 1.807) is 23.5 Å². The summed E-state index contributed by atoms with van der Waals surface area (Å²) in [6, 6.07) is 10.5. The molecule has 0 aliphatic heterocycles. The molecule has 0 amide bonds. The van der Waals surface area contributed by atoms with Crippen molar-refractivity contribution in [3.63, 3.8) is 0 Å². The lowest BCUT2D eigenvalue weighted by Crippen LogP contribution is -2.19. The van der Waals surface area contributed by atoms with Crippen LogP contribution >= 0.6 is 38.9 Å². The van der Waals surface area contributed by atoms with Gasteiger partial charge in [-0.3, -0.25) is 0 Å². The molecule has 1 nitrogen and oxygen atoms in total. The van der Waals surface area contributed by atoms with E-state index >= 15 is 0 Å². The van der Waals surface area contributed by atoms with Gasteiger partial charge in [-0.25, -0.2) is 4.39 Å². The molecule has 1 unspecified atom stereocenters. The molecule has 108 valence electrons. The molecule has 2 aromatic carbocycles. The van der Waals surface area contributed by atoms with Crippen LogP contribution in [0.1, 0.15) is 17.2 Å². The van der Waals surface area contributed by atoms with E-state index in [1.165, 1.54) is 6.07 Å². The van der Waals surface area contributed by atoms with Crippen LogP contribution in [0.5, 0.6) is 0 Å². The van der Waals surface area contributed by atoms with Gasteiger partial charge >= 0.3 is 0 Å². The van der Waals surface area contributed by atoms with Gasteiger partial charge in [0, 0.05) is 19.8 Å². The quantitative estimate of drug-likeness (QED) is 0.605. The molecule has 0 fully saturated rings. The first kappa shape index (κ1) is 15.0. The number of fused-ring (bicyclic) bond motifs is 1. The highest BCUT2D eigenvalue weighted by atomic mass is 79.9. The van der Waals surface area contributed by atoms with Crippen LogP contribution in [0.15, 0.2) is 46.3 Å². The van der Waals surface area contributed by atoms with Crippen LogP contribution in [0.2, 0.25) is 5.02 Å². The third kappa shape index (κ3) is 2.61. The summed E-state index contributed by atoms with van der Waals surface area (Å²) < 4.78 is 16.4. The molecule has 0 aliphatic rings. The number of nitrogens with one attached hydrogen (secondary N) is 1. The fourth-order valence-corrected chi connectivity index (χ4v) is 4.43. The van der Waals surface area contributed by atoms with Gasteiger partial charge in [0.15, 0.2) is 0 Å². The second-order valence-corrected chi connectivity index (χ2v) is 6.81. The third-order valence-corrected chi connectivity index (χ3v) is 5.77. The fraction of sp³-hybridized carbons (Fsp3) is 0.125. The van der Waals surface area contributed by atoms with Gasteiger partial charge in [0.05, 0.1) is 6.04 Å². The average Bonchev–Trinajstić information content (AvgIpc) is 2.88. The van der Waals surface area contributed by atoms with Crippen molar-refractivity contribution in [3.8, 4) is 0 Å². The minimum atomic E-state index is -0.295. The van der Waals surface area contributed by atoms with Crippen molar-refractivity contribution in [2.24, 2.45) is 0 Å². The Morgan fingerprint density at radius 2 is 2.00 bits per heavy atom. The zero-order valence-corrected chi connectivity index (χ0v) is 14.3. The zero-order chi connectivity index (χ0) is 15.0. The Labute approximate surface area is 139 Å². The lowest BCUT2D eigenvalue weighted by atomic mass is 9.98. The molecule has 3 rings (SSSR count). The monoisotopic (exact) mass is 383 g/mol. The van der Waals surface area contributed by atoms with Crippen molar-refractivity contribution >= 4 is 49.0 Å². The van der Waals surface area contributed by atoms with Gasteiger partial charge in [-0.15, -0.1) is 11.3 Å². The Balaban J connectivity index is 2.22. The number of thiophene rings is 1. The summed E-state index contributed by atoms with van der Waals surface area (Å²) in [6.07, 6.45) is 0. The lowest BCUT2D eigenvalue weighted by Gasteiger charge is -2.18. The molecular weight excluding hydrogens is 373 g/mol. The normalized spacial score (nSPS) is 12.8. The summed E-state index contributed by atoms with van der Waals surface area (Å²) >= 11 is 11.4. The van der Waals surface area contributed by atoms with Crippen LogP contribution in [0.3, 0.4) is 0 Å². The Kier molecular flexibility index (Phi) is 4.31. The molecule has 1 N–H and O–H groups in total. The molecule has 21 heavy (non-hydrogen) atoms. The van der Waals surface area contributed by atoms with E-state index in [0.717, 1.165) is 20.1 Å². The molecule has 1 heterocycles. The molecule has 0 radical (unpaired) electrons. The van der Waals surface area contributed by atoms with Crippen molar-refractivity contribution in [2.45, 2.75) is 6.04 Å². The van der Waals surface area contributed by atoms with Gasteiger partial charge in [0.25, 0.3) is 0 Å². The van der Waals surface area contributed by atoms with Gasteiger partial charge in [0.1, 0.15) is 5.82 Å². The number of benzene rings is 2. The molecule has 0 aliphatic carbocycles. The average molecular weight is 385 g/mol. The number of rotatable bonds is 3. The van der Waals surface area contributed by atoms with Gasteiger partial charge in [-0.05, 0) is 57.5 Å². The van der Waals surface area contributed by atoms with Crippen LogP contribution in [0.25, 0.3) is 10.1 Å². The molecule has 3 aromatic rings. The van der Waals surface area contributed by atoms with Gasteiger partial charge in [0.2, 0.25) is 0 Å². The van der Waals surface area contributed by atoms with E-state index in [2.05, 4.69) is 26.6 Å². The van der Waals surface area contributed by atoms with Gasteiger partial charge < -0.3 is 5.32 Å². The van der Waals surface area contributed by atoms with Gasteiger partial charge in [-0.2, -0.15) is 0 Å². The molecular formula is C16H12BrClFNS. The zero-order valence-electron chi connectivity index (χ0n) is 11.2. The standard InChI is InChI=1S/C16H12BrClFNS/c1-20-15(14-12(18)6-3-7-13(14)19)10-8-21-16-9(10)4-2-5-11(16)17/h2-8,15,20H,1H3. The maximum absolute atomic E-state index is 14.2.